The average molecular weight is 374 g/mol. The summed E-state index contributed by atoms with van der Waals surface area (Å²) in [5.41, 5.74) is 3.82. The molecule has 0 fully saturated rings. The number of hydrogen-bond donors (Lipinski definition) is 3. The molecule has 28 heavy (non-hydrogen) atoms. The van der Waals surface area contributed by atoms with Crippen molar-refractivity contribution in [2.75, 3.05) is 0 Å². The van der Waals surface area contributed by atoms with Gasteiger partial charge in [-0.25, -0.2) is 0 Å². The Morgan fingerprint density at radius 3 is 2.11 bits per heavy atom. The maximum Gasteiger partial charge on any atom is 0.220 e. The quantitative estimate of drug-likeness (QED) is 0.461. The number of benzene rings is 2. The maximum atomic E-state index is 12.4. The number of aromatic nitrogens is 2. The Bertz CT molecular complexity index is 1140. The van der Waals surface area contributed by atoms with Crippen LogP contribution in [0, 0.1) is 0 Å². The summed E-state index contributed by atoms with van der Waals surface area (Å²) < 4.78 is 0. The van der Waals surface area contributed by atoms with Crippen molar-refractivity contribution in [2.24, 2.45) is 0 Å². The predicted molar refractivity (Wildman–Crippen MR) is 106 cm³/mol. The largest absolute Gasteiger partial charge is 0.548 e. The van der Waals surface area contributed by atoms with E-state index in [9.17, 15) is 14.7 Å². The highest BCUT2D eigenvalue weighted by Gasteiger charge is 2.17. The number of H-pyrrole nitrogens is 2. The minimum Gasteiger partial charge on any atom is -0.548 e. The van der Waals surface area contributed by atoms with Gasteiger partial charge in [0.15, 0.2) is 0 Å². The topological polar surface area (TPSA) is 101 Å². The van der Waals surface area contributed by atoms with E-state index in [2.05, 4.69) is 15.3 Å². The van der Waals surface area contributed by atoms with E-state index in [-0.39, 0.29) is 18.7 Å². The third-order valence-corrected chi connectivity index (χ3v) is 5.02. The molecule has 0 saturated heterocycles. The van der Waals surface area contributed by atoms with Crippen LogP contribution in [0.2, 0.25) is 0 Å². The van der Waals surface area contributed by atoms with Gasteiger partial charge < -0.3 is 25.2 Å². The Morgan fingerprint density at radius 2 is 1.46 bits per heavy atom. The summed E-state index contributed by atoms with van der Waals surface area (Å²) in [4.78, 5) is 30.2. The molecular formula is C22H20N3O3-. The van der Waals surface area contributed by atoms with Gasteiger partial charge >= 0.3 is 0 Å². The zero-order valence-corrected chi connectivity index (χ0v) is 15.2. The van der Waals surface area contributed by atoms with Gasteiger partial charge in [-0.05, 0) is 29.7 Å². The third kappa shape index (κ3) is 3.62. The zero-order chi connectivity index (χ0) is 19.5. The molecule has 0 saturated carbocycles. The first-order chi connectivity index (χ1) is 13.6. The Hall–Kier alpha value is -3.54. The second-order valence-electron chi connectivity index (χ2n) is 6.86. The van der Waals surface area contributed by atoms with E-state index < -0.39 is 12.0 Å². The van der Waals surface area contributed by atoms with Gasteiger partial charge in [0.25, 0.3) is 0 Å². The van der Waals surface area contributed by atoms with E-state index in [1.165, 1.54) is 0 Å². The van der Waals surface area contributed by atoms with E-state index in [1.807, 2.05) is 54.7 Å². The lowest BCUT2D eigenvalue weighted by atomic mass is 10.0. The normalized spacial score (nSPS) is 12.3. The smallest absolute Gasteiger partial charge is 0.220 e. The van der Waals surface area contributed by atoms with Crippen LogP contribution >= 0.6 is 0 Å². The molecule has 0 aliphatic rings. The number of carboxylic acid groups (broad SMARTS) is 1. The van der Waals surface area contributed by atoms with E-state index in [0.29, 0.717) is 6.42 Å². The zero-order valence-electron chi connectivity index (χ0n) is 15.2. The molecule has 0 aliphatic carbocycles. The average Bonchev–Trinajstić information content (AvgIpc) is 3.30. The summed E-state index contributed by atoms with van der Waals surface area (Å²) in [6.45, 7) is 0. The fourth-order valence-corrected chi connectivity index (χ4v) is 3.57. The summed E-state index contributed by atoms with van der Waals surface area (Å²) in [5, 5.41) is 16.2. The van der Waals surface area contributed by atoms with Gasteiger partial charge in [-0.2, -0.15) is 0 Å². The second kappa shape index (κ2) is 7.60. The van der Waals surface area contributed by atoms with Crippen LogP contribution in [-0.2, 0) is 22.4 Å². The highest BCUT2D eigenvalue weighted by atomic mass is 16.4. The molecule has 4 aromatic rings. The SMILES string of the molecule is O=C(CCc1c[nH]c2ccccc12)N[C@H](Cc1c[nH]c2ccccc12)C(=O)[O-]. The molecule has 6 nitrogen and oxygen atoms in total. The van der Waals surface area contributed by atoms with Crippen molar-refractivity contribution in [3.8, 4) is 0 Å². The fraction of sp³-hybridized carbons (Fsp3) is 0.182. The number of aromatic amines is 2. The van der Waals surface area contributed by atoms with Crippen LogP contribution in [0.3, 0.4) is 0 Å². The van der Waals surface area contributed by atoms with Crippen LogP contribution in [0.15, 0.2) is 60.9 Å². The first kappa shape index (κ1) is 17.9. The molecule has 4 rings (SSSR count). The monoisotopic (exact) mass is 374 g/mol. The molecule has 2 heterocycles. The van der Waals surface area contributed by atoms with Crippen LogP contribution in [0.5, 0.6) is 0 Å². The van der Waals surface area contributed by atoms with Crippen LogP contribution < -0.4 is 10.4 Å². The molecule has 0 bridgehead atoms. The van der Waals surface area contributed by atoms with Gasteiger partial charge in [-0.3, -0.25) is 4.79 Å². The minimum absolute atomic E-state index is 0.172. The van der Waals surface area contributed by atoms with Crippen LogP contribution in [0.25, 0.3) is 21.8 Å². The third-order valence-electron chi connectivity index (χ3n) is 5.02. The number of aryl methyl sites for hydroxylation is 1. The van der Waals surface area contributed by atoms with Crippen molar-refractivity contribution in [3.63, 3.8) is 0 Å². The maximum absolute atomic E-state index is 12.4. The Morgan fingerprint density at radius 1 is 0.893 bits per heavy atom. The molecule has 0 radical (unpaired) electrons. The number of amides is 1. The number of carbonyl (C=O) groups is 2. The molecule has 0 unspecified atom stereocenters. The number of nitrogens with one attached hydrogen (secondary N) is 3. The number of rotatable bonds is 7. The fourth-order valence-electron chi connectivity index (χ4n) is 3.57. The van der Waals surface area contributed by atoms with Gasteiger partial charge in [-0.1, -0.05) is 36.4 Å². The molecule has 0 spiro atoms. The number of fused-ring (bicyclic) bond motifs is 2. The summed E-state index contributed by atoms with van der Waals surface area (Å²) in [6, 6.07) is 14.5. The summed E-state index contributed by atoms with van der Waals surface area (Å²) in [7, 11) is 0. The van der Waals surface area contributed by atoms with Crippen molar-refractivity contribution >= 4 is 33.7 Å². The molecule has 0 aliphatic heterocycles. The molecule has 6 heteroatoms. The van der Waals surface area contributed by atoms with Crippen molar-refractivity contribution in [1.29, 1.82) is 0 Å². The van der Waals surface area contributed by atoms with E-state index >= 15 is 0 Å². The second-order valence-corrected chi connectivity index (χ2v) is 6.86. The van der Waals surface area contributed by atoms with Crippen LogP contribution in [-0.4, -0.2) is 27.9 Å². The molecule has 2 aromatic carbocycles. The van der Waals surface area contributed by atoms with E-state index in [4.69, 9.17) is 0 Å². The molecule has 2 aromatic heterocycles. The first-order valence-electron chi connectivity index (χ1n) is 9.22. The Kier molecular flexibility index (Phi) is 4.85. The van der Waals surface area contributed by atoms with Crippen molar-refractivity contribution < 1.29 is 14.7 Å². The highest BCUT2D eigenvalue weighted by molar-refractivity contribution is 5.87. The van der Waals surface area contributed by atoms with Crippen molar-refractivity contribution in [1.82, 2.24) is 15.3 Å². The number of hydrogen-bond acceptors (Lipinski definition) is 3. The molecular weight excluding hydrogens is 354 g/mol. The lowest BCUT2D eigenvalue weighted by Gasteiger charge is -2.19. The van der Waals surface area contributed by atoms with Gasteiger partial charge in [-0.15, -0.1) is 0 Å². The summed E-state index contributed by atoms with van der Waals surface area (Å²) >= 11 is 0. The van der Waals surface area contributed by atoms with Crippen molar-refractivity contribution in [2.45, 2.75) is 25.3 Å². The van der Waals surface area contributed by atoms with Gasteiger partial charge in [0.05, 0.1) is 12.0 Å². The van der Waals surface area contributed by atoms with Crippen LogP contribution in [0.1, 0.15) is 17.5 Å². The van der Waals surface area contributed by atoms with E-state index in [1.54, 1.807) is 6.20 Å². The Labute approximate surface area is 161 Å². The molecule has 3 N–H and O–H groups in total. The first-order valence-corrected chi connectivity index (χ1v) is 9.22. The summed E-state index contributed by atoms with van der Waals surface area (Å²) in [6.07, 6.45) is 4.58. The number of carbonyl (C=O) groups excluding carboxylic acids is 2. The highest BCUT2D eigenvalue weighted by Crippen LogP contribution is 2.20. The lowest BCUT2D eigenvalue weighted by molar-refractivity contribution is -0.308. The summed E-state index contributed by atoms with van der Waals surface area (Å²) in [5.74, 6) is -1.59. The van der Waals surface area contributed by atoms with Gasteiger partial charge in [0, 0.05) is 47.0 Å². The molecule has 1 amide bonds. The lowest BCUT2D eigenvalue weighted by Crippen LogP contribution is -2.49. The van der Waals surface area contributed by atoms with Gasteiger partial charge in [0.2, 0.25) is 5.91 Å². The Balaban J connectivity index is 1.41. The van der Waals surface area contributed by atoms with Gasteiger partial charge in [0.1, 0.15) is 0 Å². The predicted octanol–water partition coefficient (Wildman–Crippen LogP) is 2.06. The van der Waals surface area contributed by atoms with E-state index in [0.717, 1.165) is 32.9 Å². The number of aliphatic carboxylic acids is 1. The van der Waals surface area contributed by atoms with Crippen LogP contribution in [0.4, 0.5) is 0 Å². The molecule has 142 valence electrons. The number of para-hydroxylation sites is 2. The standard InChI is InChI=1S/C22H21N3O3/c26-21(10-9-14-12-23-18-7-3-1-5-16(14)18)25-20(22(27)28)11-15-13-24-19-8-4-2-6-17(15)19/h1-8,12-13,20,23-24H,9-11H2,(H,25,26)(H,27,28)/p-1/t20-/m1/s1. The minimum atomic E-state index is -1.29. The van der Waals surface area contributed by atoms with Crippen molar-refractivity contribution in [3.05, 3.63) is 72.1 Å². The molecule has 1 atom stereocenters. The number of carboxylic acids is 1.